The van der Waals surface area contributed by atoms with Gasteiger partial charge in [-0.3, -0.25) is 0 Å². The predicted molar refractivity (Wildman–Crippen MR) is 90.7 cm³/mol. The first kappa shape index (κ1) is 18.9. The summed E-state index contributed by atoms with van der Waals surface area (Å²) in [6.45, 7) is 8.28. The van der Waals surface area contributed by atoms with E-state index in [-0.39, 0.29) is 24.7 Å². The highest BCUT2D eigenvalue weighted by Gasteiger charge is 2.28. The Balaban J connectivity index is 3.35. The van der Waals surface area contributed by atoms with E-state index in [0.717, 1.165) is 5.56 Å². The monoisotopic (exact) mass is 318 g/mol. The zero-order valence-electron chi connectivity index (χ0n) is 14.4. The van der Waals surface area contributed by atoms with Gasteiger partial charge in [0, 0.05) is 0 Å². The number of carbonyl (C=O) groups is 2. The molecule has 0 bridgehead atoms. The van der Waals surface area contributed by atoms with Gasteiger partial charge in [0.05, 0.1) is 13.2 Å². The fourth-order valence-corrected chi connectivity index (χ4v) is 2.22. The molecule has 23 heavy (non-hydrogen) atoms. The van der Waals surface area contributed by atoms with Crippen molar-refractivity contribution >= 4 is 17.5 Å². The normalized spacial score (nSPS) is 10.3. The number of ether oxygens (including phenoxy) is 2. The van der Waals surface area contributed by atoms with Crippen molar-refractivity contribution in [1.82, 2.24) is 0 Å². The van der Waals surface area contributed by atoms with E-state index in [2.05, 4.69) is 0 Å². The molecular weight excluding hydrogens is 292 g/mol. The lowest BCUT2D eigenvalue weighted by Crippen LogP contribution is -2.22. The minimum Gasteiger partial charge on any atom is -0.462 e. The molecule has 0 N–H and O–H groups in total. The second kappa shape index (κ2) is 9.82. The van der Waals surface area contributed by atoms with Crippen molar-refractivity contribution in [3.05, 3.63) is 41.5 Å². The second-order valence-corrected chi connectivity index (χ2v) is 5.58. The van der Waals surface area contributed by atoms with Crippen molar-refractivity contribution in [2.75, 3.05) is 13.2 Å². The summed E-state index contributed by atoms with van der Waals surface area (Å²) in [4.78, 5) is 24.9. The average Bonchev–Trinajstić information content (AvgIpc) is 2.55. The number of benzene rings is 1. The minimum absolute atomic E-state index is 0.00750. The van der Waals surface area contributed by atoms with Crippen LogP contribution < -0.4 is 0 Å². The van der Waals surface area contributed by atoms with Gasteiger partial charge in [-0.1, -0.05) is 58.0 Å². The molecule has 0 aromatic heterocycles. The quantitative estimate of drug-likeness (QED) is 0.315. The number of hydrogen-bond acceptors (Lipinski definition) is 4. The number of rotatable bonds is 8. The maximum atomic E-state index is 12.4. The van der Waals surface area contributed by atoms with Crippen LogP contribution in [0.25, 0.3) is 5.57 Å². The van der Waals surface area contributed by atoms with E-state index in [1.165, 1.54) is 0 Å². The van der Waals surface area contributed by atoms with Crippen LogP contribution in [-0.4, -0.2) is 25.2 Å². The van der Waals surface area contributed by atoms with Crippen LogP contribution in [0.1, 0.15) is 46.1 Å². The van der Waals surface area contributed by atoms with Crippen molar-refractivity contribution < 1.29 is 19.1 Å². The van der Waals surface area contributed by atoms with Crippen LogP contribution >= 0.6 is 0 Å². The van der Waals surface area contributed by atoms with Crippen molar-refractivity contribution in [2.24, 2.45) is 5.92 Å². The van der Waals surface area contributed by atoms with Crippen LogP contribution in [0.2, 0.25) is 0 Å². The Kier molecular flexibility index (Phi) is 8.09. The number of esters is 2. The summed E-state index contributed by atoms with van der Waals surface area (Å²) in [5.41, 5.74) is 1.50. The van der Waals surface area contributed by atoms with Gasteiger partial charge in [0.15, 0.2) is 0 Å². The molecule has 126 valence electrons. The van der Waals surface area contributed by atoms with Crippen LogP contribution in [0.5, 0.6) is 0 Å². The number of allylic oxidation sites excluding steroid dienone is 1. The summed E-state index contributed by atoms with van der Waals surface area (Å²) < 4.78 is 10.4. The summed E-state index contributed by atoms with van der Waals surface area (Å²) >= 11 is 0. The van der Waals surface area contributed by atoms with Crippen LogP contribution in [0.3, 0.4) is 0 Å². The van der Waals surface area contributed by atoms with Gasteiger partial charge >= 0.3 is 11.9 Å². The topological polar surface area (TPSA) is 52.6 Å². The van der Waals surface area contributed by atoms with E-state index in [0.29, 0.717) is 18.4 Å². The summed E-state index contributed by atoms with van der Waals surface area (Å²) in [7, 11) is 0. The molecule has 0 aliphatic carbocycles. The van der Waals surface area contributed by atoms with Gasteiger partial charge in [-0.2, -0.15) is 0 Å². The first-order valence-corrected chi connectivity index (χ1v) is 8.16. The number of hydrogen-bond donors (Lipinski definition) is 0. The zero-order valence-corrected chi connectivity index (χ0v) is 14.4. The number of carbonyl (C=O) groups excluding carboxylic acids is 2. The molecule has 1 aromatic rings. The lowest BCUT2D eigenvalue weighted by atomic mass is 9.90. The standard InChI is InChI=1S/C19H26O4/c1-5-12-22-18(20)17(19(21)23-13-6-2)16(14(3)4)15-10-8-7-9-11-15/h7-11,14H,5-6,12-13H2,1-4H3. The molecule has 1 rings (SSSR count). The van der Waals surface area contributed by atoms with Gasteiger partial charge in [0.25, 0.3) is 0 Å². The van der Waals surface area contributed by atoms with Crippen LogP contribution in [0, 0.1) is 5.92 Å². The third-order valence-electron chi connectivity index (χ3n) is 3.21. The van der Waals surface area contributed by atoms with E-state index in [4.69, 9.17) is 9.47 Å². The van der Waals surface area contributed by atoms with Gasteiger partial charge < -0.3 is 9.47 Å². The maximum absolute atomic E-state index is 12.4. The van der Waals surface area contributed by atoms with Gasteiger partial charge in [0.1, 0.15) is 5.57 Å². The molecule has 0 aliphatic heterocycles. The summed E-state index contributed by atoms with van der Waals surface area (Å²) in [6.07, 6.45) is 1.40. The fourth-order valence-electron chi connectivity index (χ4n) is 2.22. The highest BCUT2D eigenvalue weighted by atomic mass is 16.6. The molecule has 0 fully saturated rings. The summed E-state index contributed by atoms with van der Waals surface area (Å²) in [5.74, 6) is -1.24. The molecule has 0 atom stereocenters. The molecular formula is C19H26O4. The first-order valence-electron chi connectivity index (χ1n) is 8.16. The minimum atomic E-state index is -0.611. The largest absolute Gasteiger partial charge is 0.462 e. The molecule has 0 unspecified atom stereocenters. The average molecular weight is 318 g/mol. The molecule has 0 saturated heterocycles. The van der Waals surface area contributed by atoms with Crippen LogP contribution in [0.15, 0.2) is 35.9 Å². The third kappa shape index (κ3) is 5.55. The lowest BCUT2D eigenvalue weighted by molar-refractivity contribution is -0.147. The Labute approximate surface area is 138 Å². The van der Waals surface area contributed by atoms with Crippen molar-refractivity contribution in [1.29, 1.82) is 0 Å². The lowest BCUT2D eigenvalue weighted by Gasteiger charge is -2.17. The highest BCUT2D eigenvalue weighted by Crippen LogP contribution is 2.28. The predicted octanol–water partition coefficient (Wildman–Crippen LogP) is 4.00. The first-order chi connectivity index (χ1) is 11.0. The van der Waals surface area contributed by atoms with Gasteiger partial charge in [-0.05, 0) is 29.9 Å². The smallest absolute Gasteiger partial charge is 0.345 e. The van der Waals surface area contributed by atoms with E-state index in [9.17, 15) is 9.59 Å². The van der Waals surface area contributed by atoms with Crippen molar-refractivity contribution in [3.63, 3.8) is 0 Å². The molecule has 4 nitrogen and oxygen atoms in total. The molecule has 0 aliphatic rings. The van der Waals surface area contributed by atoms with Gasteiger partial charge in [-0.15, -0.1) is 0 Å². The van der Waals surface area contributed by atoms with Crippen LogP contribution in [-0.2, 0) is 19.1 Å². The Morgan fingerprint density at radius 1 is 0.913 bits per heavy atom. The Morgan fingerprint density at radius 2 is 1.39 bits per heavy atom. The molecule has 4 heteroatoms. The zero-order chi connectivity index (χ0) is 17.2. The second-order valence-electron chi connectivity index (χ2n) is 5.58. The van der Waals surface area contributed by atoms with Crippen molar-refractivity contribution in [2.45, 2.75) is 40.5 Å². The van der Waals surface area contributed by atoms with E-state index in [1.807, 2.05) is 58.0 Å². The highest BCUT2D eigenvalue weighted by molar-refractivity contribution is 6.20. The molecule has 1 aromatic carbocycles. The van der Waals surface area contributed by atoms with E-state index < -0.39 is 11.9 Å². The van der Waals surface area contributed by atoms with E-state index in [1.54, 1.807) is 0 Å². The Hall–Kier alpha value is -2.10. The summed E-state index contributed by atoms with van der Waals surface area (Å²) in [6, 6.07) is 9.42. The van der Waals surface area contributed by atoms with Crippen molar-refractivity contribution in [3.8, 4) is 0 Å². The Morgan fingerprint density at radius 3 is 1.78 bits per heavy atom. The SMILES string of the molecule is CCCOC(=O)C(C(=O)OCCC)=C(c1ccccc1)C(C)C. The van der Waals surface area contributed by atoms with E-state index >= 15 is 0 Å². The fraction of sp³-hybridized carbons (Fsp3) is 0.474. The van der Waals surface area contributed by atoms with Gasteiger partial charge in [-0.25, -0.2) is 9.59 Å². The Bertz CT molecular complexity index is 522. The molecule has 0 saturated carbocycles. The molecule has 0 spiro atoms. The van der Waals surface area contributed by atoms with Gasteiger partial charge in [0.2, 0.25) is 0 Å². The molecule has 0 heterocycles. The molecule has 0 amide bonds. The maximum Gasteiger partial charge on any atom is 0.345 e. The van der Waals surface area contributed by atoms with Crippen LogP contribution in [0.4, 0.5) is 0 Å². The summed E-state index contributed by atoms with van der Waals surface area (Å²) in [5, 5.41) is 0. The molecule has 0 radical (unpaired) electrons. The third-order valence-corrected chi connectivity index (χ3v) is 3.21.